The lowest BCUT2D eigenvalue weighted by Gasteiger charge is -2.46. The van der Waals surface area contributed by atoms with Crippen molar-refractivity contribution in [2.45, 2.75) is 13.1 Å². The van der Waals surface area contributed by atoms with Gasteiger partial charge in [-0.2, -0.15) is 0 Å². The van der Waals surface area contributed by atoms with E-state index in [2.05, 4.69) is 65.8 Å². The van der Waals surface area contributed by atoms with E-state index in [1.807, 2.05) is 13.1 Å². The molecule has 1 aliphatic rings. The quantitative estimate of drug-likeness (QED) is 0.337. The highest BCUT2D eigenvalue weighted by Gasteiger charge is 2.57. The minimum atomic E-state index is -3.43. The van der Waals surface area contributed by atoms with E-state index in [0.29, 0.717) is 0 Å². The van der Waals surface area contributed by atoms with Crippen LogP contribution in [0.3, 0.4) is 0 Å². The van der Waals surface area contributed by atoms with Crippen LogP contribution in [0.25, 0.3) is 0 Å². The van der Waals surface area contributed by atoms with Crippen molar-refractivity contribution in [1.82, 2.24) is 0 Å². The lowest BCUT2D eigenvalue weighted by molar-refractivity contribution is 0.260. The third kappa shape index (κ3) is 6.36. The van der Waals surface area contributed by atoms with Gasteiger partial charge < -0.3 is 24.7 Å². The van der Waals surface area contributed by atoms with Gasteiger partial charge in [-0.1, -0.05) is 11.4 Å². The molecule has 0 N–H and O–H groups in total. The van der Waals surface area contributed by atoms with E-state index in [0.717, 1.165) is 0 Å². The van der Waals surface area contributed by atoms with Crippen LogP contribution in [0.1, 0.15) is 0 Å². The largest absolute Gasteiger partial charge is 0.410 e. The molecule has 2 atom stereocenters. The summed E-state index contributed by atoms with van der Waals surface area (Å²) in [6.45, 7) is 43.3. The zero-order valence-electron chi connectivity index (χ0n) is 20.3. The van der Waals surface area contributed by atoms with Crippen LogP contribution in [0, 0.1) is 0 Å². The molecule has 1 rings (SSSR count). The second kappa shape index (κ2) is 11.5. The van der Waals surface area contributed by atoms with Gasteiger partial charge in [-0.3, -0.25) is 0 Å². The van der Waals surface area contributed by atoms with Gasteiger partial charge in [0.1, 0.15) is 0 Å². The van der Waals surface area contributed by atoms with Crippen LogP contribution in [0.15, 0.2) is 123 Å². The average Bonchev–Trinajstić information content (AvgIpc) is 2.86. The number of hydrogen-bond acceptors (Lipinski definition) is 6. The van der Waals surface area contributed by atoms with Crippen LogP contribution in [-0.2, 0) is 24.7 Å². The molecule has 0 spiro atoms. The maximum atomic E-state index is 6.63. The molecular formula is C22H36O6Si6. The lowest BCUT2D eigenvalue weighted by atomic mass is 11.2. The molecule has 1 saturated heterocycles. The van der Waals surface area contributed by atoms with Crippen LogP contribution in [0.4, 0.5) is 0 Å². The number of rotatable bonds is 10. The van der Waals surface area contributed by atoms with E-state index < -0.39 is 51.4 Å². The Bertz CT molecular complexity index is 802. The molecule has 0 radical (unpaired) electrons. The van der Waals surface area contributed by atoms with E-state index >= 15 is 0 Å². The molecular weight excluding hydrogens is 529 g/mol. The molecule has 0 aliphatic carbocycles. The summed E-state index contributed by atoms with van der Waals surface area (Å²) in [5, 5.41) is 0. The van der Waals surface area contributed by atoms with Gasteiger partial charge in [-0.05, 0) is 58.7 Å². The smallest absolute Gasteiger partial charge is 0.374 e. The Balaban J connectivity index is 4.03. The highest BCUT2D eigenvalue weighted by atomic mass is 28.5. The molecule has 12 heteroatoms. The Morgan fingerprint density at radius 3 is 0.706 bits per heavy atom. The first-order valence-electron chi connectivity index (χ1n) is 10.4. The summed E-state index contributed by atoms with van der Waals surface area (Å²) in [5.41, 5.74) is 16.1. The zero-order chi connectivity index (χ0) is 26.3. The van der Waals surface area contributed by atoms with E-state index in [1.165, 1.54) is 0 Å². The van der Waals surface area contributed by atoms with Crippen molar-refractivity contribution >= 4 is 51.4 Å². The van der Waals surface area contributed by atoms with Gasteiger partial charge in [0.15, 0.2) is 0 Å². The Kier molecular flexibility index (Phi) is 10.3. The molecule has 2 unspecified atom stereocenters. The van der Waals surface area contributed by atoms with Gasteiger partial charge in [0.2, 0.25) is 0 Å². The van der Waals surface area contributed by atoms with Crippen molar-refractivity contribution in [3.8, 4) is 0 Å². The molecule has 0 saturated carbocycles. The minimum Gasteiger partial charge on any atom is -0.410 e. The van der Waals surface area contributed by atoms with Crippen molar-refractivity contribution in [3.63, 3.8) is 0 Å². The average molecular weight is 565 g/mol. The Morgan fingerprint density at radius 1 is 0.324 bits per heavy atom. The highest BCUT2D eigenvalue weighted by Crippen LogP contribution is 2.34. The van der Waals surface area contributed by atoms with Crippen LogP contribution in [-0.4, -0.2) is 51.4 Å². The zero-order valence-corrected chi connectivity index (χ0v) is 26.3. The van der Waals surface area contributed by atoms with E-state index in [1.54, 1.807) is 57.0 Å². The summed E-state index contributed by atoms with van der Waals surface area (Å²) >= 11 is 0. The molecule has 0 amide bonds. The molecule has 0 bridgehead atoms. The van der Waals surface area contributed by atoms with Crippen molar-refractivity contribution in [1.29, 1.82) is 0 Å². The fraction of sp³-hybridized carbons (Fsp3) is 0.0909. The molecule has 0 aromatic carbocycles. The molecule has 184 valence electrons. The Morgan fingerprint density at radius 2 is 0.529 bits per heavy atom. The van der Waals surface area contributed by atoms with E-state index in [-0.39, 0.29) is 0 Å². The SMILES string of the molecule is C=C[Si]1(C)O[Si](C)(C=C)O[Si](C=C)(C=C)O[Si](C=C)(C=C)O[Si](C=C)(C=C)O[Si](C=C)(C=C)O1. The molecule has 1 aliphatic heterocycles. The maximum Gasteiger partial charge on any atom is 0.374 e. The molecule has 6 nitrogen and oxygen atoms in total. The highest BCUT2D eigenvalue weighted by molar-refractivity contribution is 7.02. The summed E-state index contributed by atoms with van der Waals surface area (Å²) in [6, 6.07) is 0. The molecule has 34 heavy (non-hydrogen) atoms. The summed E-state index contributed by atoms with van der Waals surface area (Å²) in [4.78, 5) is 0. The van der Waals surface area contributed by atoms with E-state index in [4.69, 9.17) is 24.7 Å². The van der Waals surface area contributed by atoms with Crippen molar-refractivity contribution in [3.05, 3.63) is 123 Å². The summed E-state index contributed by atoms with van der Waals surface area (Å²) in [5.74, 6) is 0. The van der Waals surface area contributed by atoms with Crippen LogP contribution in [0.2, 0.25) is 13.1 Å². The van der Waals surface area contributed by atoms with Gasteiger partial charge in [0.25, 0.3) is 0 Å². The van der Waals surface area contributed by atoms with Crippen LogP contribution < -0.4 is 0 Å². The summed E-state index contributed by atoms with van der Waals surface area (Å²) < 4.78 is 39.7. The fourth-order valence-electron chi connectivity index (χ4n) is 3.08. The monoisotopic (exact) mass is 564 g/mol. The topological polar surface area (TPSA) is 55.4 Å². The second-order valence-corrected chi connectivity index (χ2v) is 26.4. The van der Waals surface area contributed by atoms with Crippen LogP contribution >= 0.6 is 0 Å². The maximum absolute atomic E-state index is 6.63. The Labute approximate surface area is 211 Å². The first kappa shape index (κ1) is 30.5. The third-order valence-electron chi connectivity index (χ3n) is 5.10. The summed E-state index contributed by atoms with van der Waals surface area (Å²) in [7, 11) is -19.9. The van der Waals surface area contributed by atoms with Gasteiger partial charge in [-0.15, -0.1) is 65.8 Å². The first-order valence-corrected chi connectivity index (χ1v) is 23.1. The van der Waals surface area contributed by atoms with Gasteiger partial charge in [-0.25, -0.2) is 0 Å². The fourth-order valence-corrected chi connectivity index (χ4v) is 27.9. The normalized spacial score (nSPS) is 29.9. The molecule has 1 fully saturated rings. The van der Waals surface area contributed by atoms with Crippen molar-refractivity contribution in [2.24, 2.45) is 0 Å². The third-order valence-corrected chi connectivity index (χ3v) is 27.8. The molecule has 0 aromatic rings. The standard InChI is InChI=1S/C22H36O6Si6/c1-13-29(11)23-30(12,14-2)25-32(17-5,18-6)27-34(21-9,22-10)28-33(19-7,20-8)26-31(15-3,16-4)24-29/h13-22H,1-10H2,11-12H3. The molecule has 1 heterocycles. The summed E-state index contributed by atoms with van der Waals surface area (Å²) in [6.07, 6.45) is 0. The second-order valence-electron chi connectivity index (χ2n) is 7.57. The molecule has 0 aromatic heterocycles. The van der Waals surface area contributed by atoms with Gasteiger partial charge in [0.05, 0.1) is 0 Å². The van der Waals surface area contributed by atoms with E-state index in [9.17, 15) is 0 Å². The van der Waals surface area contributed by atoms with Crippen LogP contribution in [0.5, 0.6) is 0 Å². The predicted molar refractivity (Wildman–Crippen MR) is 155 cm³/mol. The first-order chi connectivity index (χ1) is 15.8. The van der Waals surface area contributed by atoms with Gasteiger partial charge in [0, 0.05) is 0 Å². The van der Waals surface area contributed by atoms with Gasteiger partial charge >= 0.3 is 51.4 Å². The lowest BCUT2D eigenvalue weighted by Crippen LogP contribution is -2.66. The predicted octanol–water partition coefficient (Wildman–Crippen LogP) is 5.26. The Hall–Kier alpha value is -1.54. The van der Waals surface area contributed by atoms with Crippen molar-refractivity contribution in [2.75, 3.05) is 0 Å². The number of hydrogen-bond donors (Lipinski definition) is 0. The van der Waals surface area contributed by atoms with Crippen molar-refractivity contribution < 1.29 is 24.7 Å². The minimum absolute atomic E-state index is 1.59.